The van der Waals surface area contributed by atoms with Crippen molar-refractivity contribution in [3.63, 3.8) is 0 Å². The normalized spacial score (nSPS) is 11.2. The second-order valence-electron chi connectivity index (χ2n) is 4.38. The van der Waals surface area contributed by atoms with Gasteiger partial charge < -0.3 is 10.5 Å². The molecule has 21 heavy (non-hydrogen) atoms. The Hall–Kier alpha value is -2.35. The number of rotatable bonds is 4. The van der Waals surface area contributed by atoms with Crippen molar-refractivity contribution < 1.29 is 17.5 Å². The van der Waals surface area contributed by atoms with Gasteiger partial charge in [-0.1, -0.05) is 0 Å². The van der Waals surface area contributed by atoms with Crippen molar-refractivity contribution in [2.45, 2.75) is 11.8 Å². The first kappa shape index (κ1) is 15.0. The fraction of sp³-hybridized carbons (Fsp3) is 0.154. The zero-order valence-electron chi connectivity index (χ0n) is 11.4. The minimum atomic E-state index is -3.97. The molecule has 112 valence electrons. The van der Waals surface area contributed by atoms with E-state index in [1.807, 2.05) is 0 Å². The van der Waals surface area contributed by atoms with Crippen molar-refractivity contribution in [1.82, 2.24) is 4.98 Å². The zero-order chi connectivity index (χ0) is 15.6. The topological polar surface area (TPSA) is 94.3 Å². The fourth-order valence-electron chi connectivity index (χ4n) is 1.78. The SMILES string of the molecule is COc1c(N)cc(S(=O)(=O)Nc2cncc(C)c2)cc1F. The van der Waals surface area contributed by atoms with Crippen LogP contribution in [0.4, 0.5) is 15.8 Å². The average Bonchev–Trinajstić information content (AvgIpc) is 2.37. The molecule has 0 atom stereocenters. The predicted octanol–water partition coefficient (Wildman–Crippen LogP) is 1.92. The summed E-state index contributed by atoms with van der Waals surface area (Å²) < 4.78 is 45.2. The molecule has 1 heterocycles. The number of ether oxygens (including phenoxy) is 1. The Morgan fingerprint density at radius 3 is 2.57 bits per heavy atom. The number of hydrogen-bond acceptors (Lipinski definition) is 5. The van der Waals surface area contributed by atoms with Crippen LogP contribution in [0.2, 0.25) is 0 Å². The molecule has 0 unspecified atom stereocenters. The molecule has 0 aliphatic rings. The minimum Gasteiger partial charge on any atom is -0.492 e. The van der Waals surface area contributed by atoms with Gasteiger partial charge in [0.2, 0.25) is 0 Å². The van der Waals surface area contributed by atoms with Gasteiger partial charge in [-0.25, -0.2) is 12.8 Å². The van der Waals surface area contributed by atoms with Gasteiger partial charge in [-0.3, -0.25) is 9.71 Å². The Labute approximate surface area is 121 Å². The summed E-state index contributed by atoms with van der Waals surface area (Å²) in [6.07, 6.45) is 2.94. The van der Waals surface area contributed by atoms with Crippen molar-refractivity contribution in [3.05, 3.63) is 42.0 Å². The second-order valence-corrected chi connectivity index (χ2v) is 6.07. The first-order valence-electron chi connectivity index (χ1n) is 5.91. The number of nitrogens with zero attached hydrogens (tertiary/aromatic N) is 1. The van der Waals surface area contributed by atoms with Crippen molar-refractivity contribution in [2.75, 3.05) is 17.6 Å². The number of hydrogen-bond donors (Lipinski definition) is 2. The molecular formula is C13H14FN3O3S. The first-order valence-corrected chi connectivity index (χ1v) is 7.39. The molecule has 0 spiro atoms. The first-order chi connectivity index (χ1) is 9.83. The number of nitrogen functional groups attached to an aromatic ring is 1. The molecule has 0 aliphatic heterocycles. The number of sulfonamides is 1. The van der Waals surface area contributed by atoms with E-state index in [0.29, 0.717) is 0 Å². The Kier molecular flexibility index (Phi) is 3.99. The number of anilines is 2. The highest BCUT2D eigenvalue weighted by Gasteiger charge is 2.19. The summed E-state index contributed by atoms with van der Waals surface area (Å²) in [5.74, 6) is -1.04. The standard InChI is InChI=1S/C13H14FN3O3S/c1-8-3-9(7-16-6-8)17-21(18,19)10-4-11(14)13(20-2)12(15)5-10/h3-7,17H,15H2,1-2H3. The average molecular weight is 311 g/mol. The number of nitrogens with two attached hydrogens (primary N) is 1. The molecule has 0 aliphatic carbocycles. The molecule has 6 nitrogen and oxygen atoms in total. The van der Waals surface area contributed by atoms with Gasteiger partial charge in [0.05, 0.1) is 29.6 Å². The van der Waals surface area contributed by atoms with Crippen LogP contribution in [0.3, 0.4) is 0 Å². The number of aryl methyl sites for hydroxylation is 1. The van der Waals surface area contributed by atoms with E-state index in [2.05, 4.69) is 9.71 Å². The number of aromatic nitrogens is 1. The molecule has 0 amide bonds. The predicted molar refractivity (Wildman–Crippen MR) is 77.1 cm³/mol. The quantitative estimate of drug-likeness (QED) is 0.841. The number of methoxy groups -OCH3 is 1. The van der Waals surface area contributed by atoms with Crippen LogP contribution in [-0.2, 0) is 10.0 Å². The lowest BCUT2D eigenvalue weighted by Crippen LogP contribution is -2.14. The molecule has 0 radical (unpaired) electrons. The summed E-state index contributed by atoms with van der Waals surface area (Å²) in [5.41, 5.74) is 6.55. The molecule has 1 aromatic heterocycles. The summed E-state index contributed by atoms with van der Waals surface area (Å²) in [6.45, 7) is 1.77. The highest BCUT2D eigenvalue weighted by Crippen LogP contribution is 2.29. The molecular weight excluding hydrogens is 297 g/mol. The second kappa shape index (κ2) is 5.57. The lowest BCUT2D eigenvalue weighted by Gasteiger charge is -2.11. The van der Waals surface area contributed by atoms with Crippen LogP contribution in [0.25, 0.3) is 0 Å². The van der Waals surface area contributed by atoms with E-state index in [0.717, 1.165) is 17.7 Å². The maximum atomic E-state index is 13.7. The van der Waals surface area contributed by atoms with E-state index in [9.17, 15) is 12.8 Å². The van der Waals surface area contributed by atoms with Gasteiger partial charge in [0.15, 0.2) is 11.6 Å². The van der Waals surface area contributed by atoms with Crippen LogP contribution in [0.1, 0.15) is 5.56 Å². The van der Waals surface area contributed by atoms with Crippen LogP contribution < -0.4 is 15.2 Å². The van der Waals surface area contributed by atoms with Gasteiger partial charge in [-0.05, 0) is 30.7 Å². The molecule has 1 aromatic carbocycles. The molecule has 0 saturated carbocycles. The number of benzene rings is 1. The summed E-state index contributed by atoms with van der Waals surface area (Å²) in [7, 11) is -2.72. The van der Waals surface area contributed by atoms with Gasteiger partial charge in [0, 0.05) is 6.20 Å². The van der Waals surface area contributed by atoms with E-state index in [1.54, 1.807) is 19.2 Å². The third kappa shape index (κ3) is 3.22. The van der Waals surface area contributed by atoms with E-state index in [-0.39, 0.29) is 22.0 Å². The molecule has 0 fully saturated rings. The molecule has 2 rings (SSSR count). The third-order valence-corrected chi connectivity index (χ3v) is 4.05. The van der Waals surface area contributed by atoms with E-state index >= 15 is 0 Å². The van der Waals surface area contributed by atoms with Gasteiger partial charge in [-0.15, -0.1) is 0 Å². The molecule has 0 bridgehead atoms. The van der Waals surface area contributed by atoms with E-state index in [4.69, 9.17) is 10.5 Å². The molecule has 2 aromatic rings. The van der Waals surface area contributed by atoms with E-state index < -0.39 is 15.8 Å². The maximum absolute atomic E-state index is 13.7. The highest BCUT2D eigenvalue weighted by molar-refractivity contribution is 7.92. The van der Waals surface area contributed by atoms with Crippen molar-refractivity contribution in [2.24, 2.45) is 0 Å². The van der Waals surface area contributed by atoms with Crippen molar-refractivity contribution in [1.29, 1.82) is 0 Å². The Morgan fingerprint density at radius 1 is 1.29 bits per heavy atom. The molecule has 8 heteroatoms. The third-order valence-electron chi connectivity index (χ3n) is 2.69. The summed E-state index contributed by atoms with van der Waals surface area (Å²) >= 11 is 0. The van der Waals surface area contributed by atoms with Gasteiger partial charge in [0.25, 0.3) is 10.0 Å². The van der Waals surface area contributed by atoms with Crippen molar-refractivity contribution >= 4 is 21.4 Å². The lowest BCUT2D eigenvalue weighted by molar-refractivity contribution is 0.388. The summed E-state index contributed by atoms with van der Waals surface area (Å²) in [4.78, 5) is 3.59. The lowest BCUT2D eigenvalue weighted by atomic mass is 10.3. The Bertz CT molecular complexity index is 755. The monoisotopic (exact) mass is 311 g/mol. The number of nitrogens with one attached hydrogen (secondary N) is 1. The smallest absolute Gasteiger partial charge is 0.262 e. The van der Waals surface area contributed by atoms with Gasteiger partial charge >= 0.3 is 0 Å². The maximum Gasteiger partial charge on any atom is 0.262 e. The van der Waals surface area contributed by atoms with Crippen LogP contribution in [0.15, 0.2) is 35.5 Å². The summed E-state index contributed by atoms with van der Waals surface area (Å²) in [6, 6.07) is 3.59. The molecule has 0 saturated heterocycles. The molecule has 3 N–H and O–H groups in total. The van der Waals surface area contributed by atoms with E-state index in [1.165, 1.54) is 13.3 Å². The van der Waals surface area contributed by atoms with Crippen molar-refractivity contribution in [3.8, 4) is 5.75 Å². The highest BCUT2D eigenvalue weighted by atomic mass is 32.2. The largest absolute Gasteiger partial charge is 0.492 e. The Balaban J connectivity index is 2.40. The van der Waals surface area contributed by atoms with Crippen LogP contribution >= 0.6 is 0 Å². The minimum absolute atomic E-state index is 0.0970. The zero-order valence-corrected chi connectivity index (χ0v) is 12.2. The van der Waals surface area contributed by atoms with Gasteiger partial charge in [0.1, 0.15) is 0 Å². The number of pyridine rings is 1. The van der Waals surface area contributed by atoms with Gasteiger partial charge in [-0.2, -0.15) is 0 Å². The Morgan fingerprint density at radius 2 is 2.00 bits per heavy atom. The summed E-state index contributed by atoms with van der Waals surface area (Å²) in [5, 5.41) is 0. The van der Waals surface area contributed by atoms with Crippen LogP contribution in [0.5, 0.6) is 5.75 Å². The number of halogens is 1. The van der Waals surface area contributed by atoms with Crippen LogP contribution in [0, 0.1) is 12.7 Å². The fourth-order valence-corrected chi connectivity index (χ4v) is 2.86. The van der Waals surface area contributed by atoms with Crippen LogP contribution in [-0.4, -0.2) is 20.5 Å².